The first kappa shape index (κ1) is 12.6. The number of urea groups is 1. The van der Waals surface area contributed by atoms with E-state index in [0.29, 0.717) is 18.1 Å². The number of rotatable bonds is 3. The van der Waals surface area contributed by atoms with Crippen LogP contribution in [0.3, 0.4) is 0 Å². The predicted octanol–water partition coefficient (Wildman–Crippen LogP) is 3.07. The van der Waals surface area contributed by atoms with Crippen LogP contribution < -0.4 is 10.6 Å². The molecular formula is C12H12BrN3O2. The standard InChI is InChI=1S/C12H12BrN3O2/c1-8-6-11(16-18-8)15-12(17)14-7-9-4-2-3-5-10(9)13/h2-6H,7H2,1H3,(H2,14,15,16,17). The van der Waals surface area contributed by atoms with Gasteiger partial charge in [-0.3, -0.25) is 5.32 Å². The molecule has 0 unspecified atom stereocenters. The van der Waals surface area contributed by atoms with Crippen LogP contribution in [-0.2, 0) is 6.54 Å². The van der Waals surface area contributed by atoms with Gasteiger partial charge in [0.25, 0.3) is 0 Å². The summed E-state index contributed by atoms with van der Waals surface area (Å²) < 4.78 is 5.81. The highest BCUT2D eigenvalue weighted by Crippen LogP contribution is 2.15. The summed E-state index contributed by atoms with van der Waals surface area (Å²) >= 11 is 3.42. The Morgan fingerprint density at radius 2 is 2.22 bits per heavy atom. The van der Waals surface area contributed by atoms with E-state index in [2.05, 4.69) is 31.7 Å². The van der Waals surface area contributed by atoms with Crippen molar-refractivity contribution in [2.45, 2.75) is 13.5 Å². The van der Waals surface area contributed by atoms with Gasteiger partial charge in [-0.1, -0.05) is 39.3 Å². The Morgan fingerprint density at radius 1 is 1.44 bits per heavy atom. The molecule has 0 radical (unpaired) electrons. The summed E-state index contributed by atoms with van der Waals surface area (Å²) in [5, 5.41) is 8.99. The average Bonchev–Trinajstić information content (AvgIpc) is 2.74. The van der Waals surface area contributed by atoms with E-state index in [0.717, 1.165) is 10.0 Å². The molecule has 94 valence electrons. The molecule has 0 aliphatic heterocycles. The van der Waals surface area contributed by atoms with Gasteiger partial charge >= 0.3 is 6.03 Å². The molecule has 0 saturated heterocycles. The van der Waals surface area contributed by atoms with Gasteiger partial charge in [0.15, 0.2) is 5.82 Å². The predicted molar refractivity (Wildman–Crippen MR) is 71.2 cm³/mol. The molecule has 5 nitrogen and oxygen atoms in total. The highest BCUT2D eigenvalue weighted by Gasteiger charge is 2.06. The monoisotopic (exact) mass is 309 g/mol. The molecule has 0 atom stereocenters. The van der Waals surface area contributed by atoms with Crippen LogP contribution in [0.4, 0.5) is 10.6 Å². The second kappa shape index (κ2) is 5.68. The Hall–Kier alpha value is -1.82. The minimum atomic E-state index is -0.320. The largest absolute Gasteiger partial charge is 0.360 e. The number of hydrogen-bond donors (Lipinski definition) is 2. The van der Waals surface area contributed by atoms with Crippen LogP contribution in [0, 0.1) is 6.92 Å². The van der Waals surface area contributed by atoms with Crippen molar-refractivity contribution < 1.29 is 9.32 Å². The topological polar surface area (TPSA) is 67.2 Å². The van der Waals surface area contributed by atoms with Crippen LogP contribution >= 0.6 is 15.9 Å². The van der Waals surface area contributed by atoms with Crippen molar-refractivity contribution in [2.75, 3.05) is 5.32 Å². The number of carbonyl (C=O) groups is 1. The Kier molecular flexibility index (Phi) is 3.99. The minimum Gasteiger partial charge on any atom is -0.360 e. The number of halogens is 1. The molecule has 2 amide bonds. The van der Waals surface area contributed by atoms with Crippen molar-refractivity contribution in [1.29, 1.82) is 0 Å². The zero-order chi connectivity index (χ0) is 13.0. The Morgan fingerprint density at radius 3 is 2.89 bits per heavy atom. The molecule has 2 aromatic rings. The lowest BCUT2D eigenvalue weighted by molar-refractivity contribution is 0.251. The molecule has 0 bridgehead atoms. The van der Waals surface area contributed by atoms with Crippen LogP contribution in [0.5, 0.6) is 0 Å². The average molecular weight is 310 g/mol. The van der Waals surface area contributed by atoms with E-state index in [1.54, 1.807) is 13.0 Å². The van der Waals surface area contributed by atoms with E-state index in [9.17, 15) is 4.79 Å². The normalized spacial score (nSPS) is 10.1. The molecule has 0 spiro atoms. The van der Waals surface area contributed by atoms with Crippen molar-refractivity contribution in [3.63, 3.8) is 0 Å². The molecule has 1 aromatic heterocycles. The van der Waals surface area contributed by atoms with Gasteiger partial charge in [-0.05, 0) is 18.6 Å². The quantitative estimate of drug-likeness (QED) is 0.915. The summed E-state index contributed by atoms with van der Waals surface area (Å²) in [5.74, 6) is 1.05. The SMILES string of the molecule is Cc1cc(NC(=O)NCc2ccccc2Br)no1. The van der Waals surface area contributed by atoms with E-state index >= 15 is 0 Å². The Labute approximate surface area is 113 Å². The first-order valence-corrected chi connectivity index (χ1v) is 6.16. The fourth-order valence-corrected chi connectivity index (χ4v) is 1.83. The van der Waals surface area contributed by atoms with Crippen molar-refractivity contribution >= 4 is 27.8 Å². The molecule has 0 saturated carbocycles. The summed E-state index contributed by atoms with van der Waals surface area (Å²) in [6.07, 6.45) is 0. The molecular weight excluding hydrogens is 298 g/mol. The number of benzene rings is 1. The van der Waals surface area contributed by atoms with Gasteiger partial charge in [0, 0.05) is 17.1 Å². The molecule has 2 N–H and O–H groups in total. The van der Waals surface area contributed by atoms with Gasteiger partial charge < -0.3 is 9.84 Å². The first-order valence-electron chi connectivity index (χ1n) is 5.37. The van der Waals surface area contributed by atoms with Crippen LogP contribution in [0.25, 0.3) is 0 Å². The van der Waals surface area contributed by atoms with Crippen LogP contribution in [0.2, 0.25) is 0 Å². The van der Waals surface area contributed by atoms with Gasteiger partial charge in [-0.15, -0.1) is 0 Å². The van der Waals surface area contributed by atoms with Gasteiger partial charge in [-0.2, -0.15) is 0 Å². The first-order chi connectivity index (χ1) is 8.65. The van der Waals surface area contributed by atoms with Crippen LogP contribution in [-0.4, -0.2) is 11.2 Å². The third-order valence-electron chi connectivity index (χ3n) is 2.27. The van der Waals surface area contributed by atoms with Crippen molar-refractivity contribution in [3.8, 4) is 0 Å². The van der Waals surface area contributed by atoms with E-state index in [-0.39, 0.29) is 6.03 Å². The number of aromatic nitrogens is 1. The molecule has 0 aliphatic rings. The van der Waals surface area contributed by atoms with Gasteiger partial charge in [0.05, 0.1) is 0 Å². The van der Waals surface area contributed by atoms with Crippen LogP contribution in [0.1, 0.15) is 11.3 Å². The van der Waals surface area contributed by atoms with Crippen LogP contribution in [0.15, 0.2) is 39.3 Å². The molecule has 6 heteroatoms. The van der Waals surface area contributed by atoms with Crippen molar-refractivity contribution in [2.24, 2.45) is 0 Å². The third kappa shape index (κ3) is 3.33. The Bertz CT molecular complexity index is 554. The number of nitrogens with zero attached hydrogens (tertiary/aromatic N) is 1. The lowest BCUT2D eigenvalue weighted by Gasteiger charge is -2.06. The number of carbonyl (C=O) groups excluding carboxylic acids is 1. The maximum atomic E-state index is 11.6. The summed E-state index contributed by atoms with van der Waals surface area (Å²) in [6, 6.07) is 9.03. The molecule has 0 aliphatic carbocycles. The smallest absolute Gasteiger partial charge is 0.320 e. The highest BCUT2D eigenvalue weighted by atomic mass is 79.9. The van der Waals surface area contributed by atoms with Gasteiger partial charge in [-0.25, -0.2) is 4.79 Å². The molecule has 0 fully saturated rings. The van der Waals surface area contributed by atoms with Crippen molar-refractivity contribution in [3.05, 3.63) is 46.1 Å². The van der Waals surface area contributed by atoms with E-state index in [1.165, 1.54) is 0 Å². The van der Waals surface area contributed by atoms with E-state index in [1.807, 2.05) is 24.3 Å². The zero-order valence-corrected chi connectivity index (χ0v) is 11.3. The van der Waals surface area contributed by atoms with Crippen molar-refractivity contribution in [1.82, 2.24) is 10.5 Å². The molecule has 2 rings (SSSR count). The number of hydrogen-bond acceptors (Lipinski definition) is 3. The number of aryl methyl sites for hydroxylation is 1. The second-order valence-electron chi connectivity index (χ2n) is 3.72. The third-order valence-corrected chi connectivity index (χ3v) is 3.04. The lowest BCUT2D eigenvalue weighted by atomic mass is 10.2. The van der Waals surface area contributed by atoms with Gasteiger partial charge in [0.1, 0.15) is 5.76 Å². The maximum Gasteiger partial charge on any atom is 0.320 e. The summed E-state index contributed by atoms with van der Waals surface area (Å²) in [5.41, 5.74) is 1.00. The number of amides is 2. The zero-order valence-electron chi connectivity index (χ0n) is 9.74. The highest BCUT2D eigenvalue weighted by molar-refractivity contribution is 9.10. The maximum absolute atomic E-state index is 11.6. The summed E-state index contributed by atoms with van der Waals surface area (Å²) in [4.78, 5) is 11.6. The van der Waals surface area contributed by atoms with Gasteiger partial charge in [0.2, 0.25) is 0 Å². The summed E-state index contributed by atoms with van der Waals surface area (Å²) in [7, 11) is 0. The second-order valence-corrected chi connectivity index (χ2v) is 4.58. The van der Waals surface area contributed by atoms with E-state index in [4.69, 9.17) is 4.52 Å². The number of nitrogens with one attached hydrogen (secondary N) is 2. The molecule has 18 heavy (non-hydrogen) atoms. The van der Waals surface area contributed by atoms with E-state index < -0.39 is 0 Å². The summed E-state index contributed by atoms with van der Waals surface area (Å²) in [6.45, 7) is 2.20. The molecule has 1 heterocycles. The lowest BCUT2D eigenvalue weighted by Crippen LogP contribution is -2.28. The fourth-order valence-electron chi connectivity index (χ4n) is 1.40. The molecule has 1 aromatic carbocycles. The fraction of sp³-hybridized carbons (Fsp3) is 0.167. The Balaban J connectivity index is 1.87. The minimum absolute atomic E-state index is 0.320. The number of anilines is 1.